The number of amides is 1. The molecule has 0 spiro atoms. The molecule has 33 heavy (non-hydrogen) atoms. The number of benzene rings is 2. The van der Waals surface area contributed by atoms with Crippen LogP contribution in [0.2, 0.25) is 0 Å². The minimum Gasteiger partial charge on any atom is -0.496 e. The van der Waals surface area contributed by atoms with Gasteiger partial charge < -0.3 is 15.0 Å². The Hall–Kier alpha value is -2.65. The van der Waals surface area contributed by atoms with Crippen LogP contribution in [0.3, 0.4) is 0 Å². The summed E-state index contributed by atoms with van der Waals surface area (Å²) in [7, 11) is 1.29. The average molecular weight is 489 g/mol. The Labute approximate surface area is 195 Å². The molecule has 1 aliphatic heterocycles. The highest BCUT2D eigenvalue weighted by Gasteiger charge is 2.32. The van der Waals surface area contributed by atoms with E-state index in [2.05, 4.69) is 10.2 Å². The van der Waals surface area contributed by atoms with Gasteiger partial charge in [0.1, 0.15) is 11.6 Å². The third-order valence-electron chi connectivity index (χ3n) is 5.57. The number of nitrogens with one attached hydrogen (secondary N) is 1. The van der Waals surface area contributed by atoms with E-state index < -0.39 is 17.6 Å². The number of carbonyl (C=O) groups excluding carboxylic acids is 2. The van der Waals surface area contributed by atoms with Crippen molar-refractivity contribution in [1.29, 1.82) is 0 Å². The van der Waals surface area contributed by atoms with E-state index in [1.165, 1.54) is 31.4 Å². The SMILES string of the molecule is COc1ccc(C(F)(F)F)cc1C(=O)NCCN1CCC(C(=O)c2ccc(F)cc2)CC1.Cl. The monoisotopic (exact) mass is 488 g/mol. The lowest BCUT2D eigenvalue weighted by Crippen LogP contribution is -2.41. The zero-order valence-corrected chi connectivity index (χ0v) is 18.8. The molecular weight excluding hydrogens is 464 g/mol. The van der Waals surface area contributed by atoms with Crippen LogP contribution >= 0.6 is 12.4 Å². The predicted octanol–water partition coefficient (Wildman–Crippen LogP) is 4.60. The lowest BCUT2D eigenvalue weighted by atomic mass is 9.89. The van der Waals surface area contributed by atoms with E-state index in [0.717, 1.165) is 18.2 Å². The lowest BCUT2D eigenvalue weighted by Gasteiger charge is -2.31. The van der Waals surface area contributed by atoms with Crippen molar-refractivity contribution in [3.05, 3.63) is 65.0 Å². The molecule has 5 nitrogen and oxygen atoms in total. The first-order valence-corrected chi connectivity index (χ1v) is 10.2. The average Bonchev–Trinajstić information content (AvgIpc) is 2.78. The van der Waals surface area contributed by atoms with Crippen LogP contribution in [0.4, 0.5) is 17.6 Å². The van der Waals surface area contributed by atoms with Crippen LogP contribution in [0.1, 0.15) is 39.1 Å². The van der Waals surface area contributed by atoms with Gasteiger partial charge in [0.15, 0.2) is 5.78 Å². The maximum Gasteiger partial charge on any atom is 0.416 e. The number of ketones is 1. The van der Waals surface area contributed by atoms with Gasteiger partial charge in [-0.3, -0.25) is 9.59 Å². The minimum atomic E-state index is -4.56. The van der Waals surface area contributed by atoms with Gasteiger partial charge in [0, 0.05) is 24.6 Å². The van der Waals surface area contributed by atoms with Crippen LogP contribution in [0.15, 0.2) is 42.5 Å². The molecule has 2 aromatic carbocycles. The Morgan fingerprint density at radius 3 is 2.30 bits per heavy atom. The van der Waals surface area contributed by atoms with Crippen molar-refractivity contribution in [2.24, 2.45) is 5.92 Å². The second kappa shape index (κ2) is 11.5. The molecule has 1 N–H and O–H groups in total. The van der Waals surface area contributed by atoms with E-state index in [-0.39, 0.29) is 47.8 Å². The zero-order valence-electron chi connectivity index (χ0n) is 18.0. The summed E-state index contributed by atoms with van der Waals surface area (Å²) in [4.78, 5) is 27.0. The Bertz CT molecular complexity index is 959. The number of likely N-dealkylation sites (tertiary alicyclic amines) is 1. The molecular formula is C23H25ClF4N2O3. The first-order valence-electron chi connectivity index (χ1n) is 10.2. The number of alkyl halides is 3. The number of carbonyl (C=O) groups is 2. The molecule has 0 saturated carbocycles. The van der Waals surface area contributed by atoms with Crippen molar-refractivity contribution in [3.8, 4) is 5.75 Å². The number of ether oxygens (including phenoxy) is 1. The molecule has 10 heteroatoms. The van der Waals surface area contributed by atoms with Gasteiger partial charge in [-0.1, -0.05) is 0 Å². The van der Waals surface area contributed by atoms with Crippen LogP contribution in [0, 0.1) is 11.7 Å². The van der Waals surface area contributed by atoms with Gasteiger partial charge in [0.05, 0.1) is 18.2 Å². The van der Waals surface area contributed by atoms with Crippen molar-refractivity contribution < 1.29 is 31.9 Å². The van der Waals surface area contributed by atoms with Crippen LogP contribution in [-0.2, 0) is 6.18 Å². The first kappa shape index (κ1) is 26.6. The molecule has 1 aliphatic rings. The largest absolute Gasteiger partial charge is 0.496 e. The van der Waals surface area contributed by atoms with Crippen molar-refractivity contribution >= 4 is 24.1 Å². The summed E-state index contributed by atoms with van der Waals surface area (Å²) in [5.74, 6) is -1.11. The van der Waals surface area contributed by atoms with E-state index in [1.54, 1.807) is 0 Å². The number of piperidine rings is 1. The number of Topliss-reactive ketones (excluding diaryl/α,β-unsaturated/α-hetero) is 1. The molecule has 1 heterocycles. The van der Waals surface area contributed by atoms with Gasteiger partial charge in [-0.05, 0) is 68.4 Å². The third kappa shape index (κ3) is 6.91. The normalized spacial score (nSPS) is 14.9. The fraction of sp³-hybridized carbons (Fsp3) is 0.391. The van der Waals surface area contributed by atoms with Gasteiger partial charge in [-0.15, -0.1) is 12.4 Å². The van der Waals surface area contributed by atoms with Gasteiger partial charge in [-0.25, -0.2) is 4.39 Å². The highest BCUT2D eigenvalue weighted by molar-refractivity contribution is 5.98. The third-order valence-corrected chi connectivity index (χ3v) is 5.57. The van der Waals surface area contributed by atoms with Crippen molar-refractivity contribution in [2.45, 2.75) is 19.0 Å². The van der Waals surface area contributed by atoms with E-state index in [1.807, 2.05) is 0 Å². The van der Waals surface area contributed by atoms with Gasteiger partial charge >= 0.3 is 6.18 Å². The predicted molar refractivity (Wildman–Crippen MR) is 117 cm³/mol. The summed E-state index contributed by atoms with van der Waals surface area (Å²) in [6.07, 6.45) is -3.27. The molecule has 0 unspecified atom stereocenters. The molecule has 0 bridgehead atoms. The highest BCUT2D eigenvalue weighted by atomic mass is 35.5. The van der Waals surface area contributed by atoms with E-state index in [0.29, 0.717) is 38.0 Å². The van der Waals surface area contributed by atoms with Crippen LogP contribution in [-0.4, -0.2) is 49.9 Å². The second-order valence-electron chi connectivity index (χ2n) is 7.66. The summed E-state index contributed by atoms with van der Waals surface area (Å²) in [5.41, 5.74) is -0.602. The summed E-state index contributed by atoms with van der Waals surface area (Å²) in [5, 5.41) is 2.63. The Kier molecular flexibility index (Phi) is 9.25. The Morgan fingerprint density at radius 2 is 1.73 bits per heavy atom. The van der Waals surface area contributed by atoms with Crippen molar-refractivity contribution in [3.63, 3.8) is 0 Å². The fourth-order valence-corrected chi connectivity index (χ4v) is 3.75. The smallest absolute Gasteiger partial charge is 0.416 e. The number of hydrogen-bond donors (Lipinski definition) is 1. The maximum atomic E-state index is 13.0. The number of nitrogens with zero attached hydrogens (tertiary/aromatic N) is 1. The molecule has 180 valence electrons. The number of methoxy groups -OCH3 is 1. The number of rotatable bonds is 7. The quantitative estimate of drug-likeness (QED) is 0.457. The number of hydrogen-bond acceptors (Lipinski definition) is 4. The summed E-state index contributed by atoms with van der Waals surface area (Å²) in [6, 6.07) is 8.28. The van der Waals surface area contributed by atoms with Gasteiger partial charge in [-0.2, -0.15) is 13.2 Å². The van der Waals surface area contributed by atoms with Crippen molar-refractivity contribution in [1.82, 2.24) is 10.2 Å². The van der Waals surface area contributed by atoms with Crippen LogP contribution < -0.4 is 10.1 Å². The van der Waals surface area contributed by atoms with Gasteiger partial charge in [0.25, 0.3) is 5.91 Å². The zero-order chi connectivity index (χ0) is 23.3. The summed E-state index contributed by atoms with van der Waals surface area (Å²) < 4.78 is 56.9. The molecule has 1 amide bonds. The molecule has 2 aromatic rings. The maximum absolute atomic E-state index is 13.0. The van der Waals surface area contributed by atoms with Crippen LogP contribution in [0.5, 0.6) is 5.75 Å². The van der Waals surface area contributed by atoms with Crippen molar-refractivity contribution in [2.75, 3.05) is 33.3 Å². The molecule has 0 aromatic heterocycles. The van der Waals surface area contributed by atoms with E-state index in [9.17, 15) is 27.2 Å². The molecule has 1 fully saturated rings. The fourth-order valence-electron chi connectivity index (χ4n) is 3.75. The molecule has 0 aliphatic carbocycles. The highest BCUT2D eigenvalue weighted by Crippen LogP contribution is 2.32. The minimum absolute atomic E-state index is 0. The summed E-state index contributed by atoms with van der Waals surface area (Å²) >= 11 is 0. The summed E-state index contributed by atoms with van der Waals surface area (Å²) in [6.45, 7) is 2.06. The van der Waals surface area contributed by atoms with Crippen LogP contribution in [0.25, 0.3) is 0 Å². The molecule has 1 saturated heterocycles. The lowest BCUT2D eigenvalue weighted by molar-refractivity contribution is -0.137. The molecule has 3 rings (SSSR count). The first-order chi connectivity index (χ1) is 15.2. The number of halogens is 5. The van der Waals surface area contributed by atoms with E-state index >= 15 is 0 Å². The van der Waals surface area contributed by atoms with Gasteiger partial charge in [0.2, 0.25) is 0 Å². The second-order valence-corrected chi connectivity index (χ2v) is 7.66. The topological polar surface area (TPSA) is 58.6 Å². The van der Waals surface area contributed by atoms with E-state index in [4.69, 9.17) is 4.74 Å². The molecule has 0 atom stereocenters. The molecule has 0 radical (unpaired) electrons. The Morgan fingerprint density at radius 1 is 1.09 bits per heavy atom. The standard InChI is InChI=1S/C23H24F4N2O3.ClH/c1-32-20-7-4-17(23(25,26)27)14-19(20)22(31)28-10-13-29-11-8-16(9-12-29)21(30)15-2-5-18(24)6-3-15;/h2-7,14,16H,8-13H2,1H3,(H,28,31);1H. The Balaban J connectivity index is 0.00000385.